The molecule has 94 valence electrons. The first-order chi connectivity index (χ1) is 8.75. The molecule has 18 heavy (non-hydrogen) atoms. The highest BCUT2D eigenvalue weighted by atomic mass is 16.5. The van der Waals surface area contributed by atoms with Gasteiger partial charge in [-0.25, -0.2) is 4.79 Å². The monoisotopic (exact) mass is 245 g/mol. The molecule has 2 aromatic heterocycles. The summed E-state index contributed by atoms with van der Waals surface area (Å²) in [6, 6.07) is 7.51. The molecular weight excluding hydrogens is 230 g/mol. The van der Waals surface area contributed by atoms with E-state index in [0.29, 0.717) is 12.2 Å². The van der Waals surface area contributed by atoms with Crippen molar-refractivity contribution in [2.24, 2.45) is 0 Å². The topological polar surface area (TPSA) is 52.3 Å². The van der Waals surface area contributed by atoms with Gasteiger partial charge in [-0.3, -0.25) is 4.98 Å². The second-order valence-electron chi connectivity index (χ2n) is 4.02. The second kappa shape index (κ2) is 6.00. The quantitative estimate of drug-likeness (QED) is 0.600. The molecular formula is C14H15NO3. The Labute approximate surface area is 106 Å². The molecule has 0 saturated heterocycles. The van der Waals surface area contributed by atoms with Gasteiger partial charge in [-0.2, -0.15) is 0 Å². The summed E-state index contributed by atoms with van der Waals surface area (Å²) in [5.41, 5.74) is 2.47. The first kappa shape index (κ1) is 12.4. The SMILES string of the molecule is Cc1cccc(CCCOC(=O)c2ccoc2)n1. The number of aryl methyl sites for hydroxylation is 2. The summed E-state index contributed by atoms with van der Waals surface area (Å²) in [5.74, 6) is -0.346. The number of furan rings is 1. The van der Waals surface area contributed by atoms with Crippen molar-refractivity contribution in [2.45, 2.75) is 19.8 Å². The number of rotatable bonds is 5. The number of esters is 1. The Morgan fingerprint density at radius 2 is 2.28 bits per heavy atom. The van der Waals surface area contributed by atoms with Crippen LogP contribution in [-0.2, 0) is 11.2 Å². The smallest absolute Gasteiger partial charge is 0.341 e. The van der Waals surface area contributed by atoms with Crippen molar-refractivity contribution in [3.63, 3.8) is 0 Å². The van der Waals surface area contributed by atoms with Crippen LogP contribution in [0.15, 0.2) is 41.2 Å². The highest BCUT2D eigenvalue weighted by molar-refractivity contribution is 5.88. The largest absolute Gasteiger partial charge is 0.472 e. The van der Waals surface area contributed by atoms with Gasteiger partial charge in [0.1, 0.15) is 6.26 Å². The molecule has 4 nitrogen and oxygen atoms in total. The van der Waals surface area contributed by atoms with Crippen LogP contribution in [0.1, 0.15) is 28.2 Å². The van der Waals surface area contributed by atoms with Gasteiger partial charge >= 0.3 is 5.97 Å². The molecule has 0 bridgehead atoms. The van der Waals surface area contributed by atoms with Crippen LogP contribution in [0.5, 0.6) is 0 Å². The summed E-state index contributed by atoms with van der Waals surface area (Å²) in [5, 5.41) is 0. The fourth-order valence-electron chi connectivity index (χ4n) is 1.62. The van der Waals surface area contributed by atoms with Crippen molar-refractivity contribution >= 4 is 5.97 Å². The summed E-state index contributed by atoms with van der Waals surface area (Å²) < 4.78 is 9.93. The third-order valence-corrected chi connectivity index (χ3v) is 2.51. The number of aromatic nitrogens is 1. The summed E-state index contributed by atoms with van der Waals surface area (Å²) in [7, 11) is 0. The lowest BCUT2D eigenvalue weighted by atomic mass is 10.2. The van der Waals surface area contributed by atoms with E-state index in [1.165, 1.54) is 12.5 Å². The molecule has 4 heteroatoms. The Balaban J connectivity index is 1.72. The first-order valence-electron chi connectivity index (χ1n) is 5.87. The lowest BCUT2D eigenvalue weighted by Gasteiger charge is -2.03. The van der Waals surface area contributed by atoms with Crippen LogP contribution in [0.4, 0.5) is 0 Å². The van der Waals surface area contributed by atoms with Gasteiger partial charge in [-0.05, 0) is 38.0 Å². The van der Waals surface area contributed by atoms with Gasteiger partial charge < -0.3 is 9.15 Å². The van der Waals surface area contributed by atoms with Crippen molar-refractivity contribution < 1.29 is 13.9 Å². The summed E-state index contributed by atoms with van der Waals surface area (Å²) >= 11 is 0. The Morgan fingerprint density at radius 1 is 1.39 bits per heavy atom. The molecule has 0 fully saturated rings. The molecule has 0 unspecified atom stereocenters. The number of ether oxygens (including phenoxy) is 1. The zero-order chi connectivity index (χ0) is 12.8. The standard InChI is InChI=1S/C14H15NO3/c1-11-4-2-5-13(15-11)6-3-8-18-14(16)12-7-9-17-10-12/h2,4-5,7,9-10H,3,6,8H2,1H3. The number of hydrogen-bond donors (Lipinski definition) is 0. The van der Waals surface area contributed by atoms with E-state index in [0.717, 1.165) is 24.2 Å². The fraction of sp³-hybridized carbons (Fsp3) is 0.286. The molecule has 0 aliphatic rings. The number of carbonyl (C=O) groups is 1. The van der Waals surface area contributed by atoms with E-state index in [9.17, 15) is 4.79 Å². The second-order valence-corrected chi connectivity index (χ2v) is 4.02. The highest BCUT2D eigenvalue weighted by Gasteiger charge is 2.07. The van der Waals surface area contributed by atoms with E-state index in [-0.39, 0.29) is 5.97 Å². The van der Waals surface area contributed by atoms with E-state index < -0.39 is 0 Å². The Morgan fingerprint density at radius 3 is 3.00 bits per heavy atom. The Bertz CT molecular complexity index is 506. The molecule has 0 aliphatic heterocycles. The van der Waals surface area contributed by atoms with Crippen molar-refractivity contribution in [3.8, 4) is 0 Å². The zero-order valence-electron chi connectivity index (χ0n) is 10.3. The maximum Gasteiger partial charge on any atom is 0.341 e. The zero-order valence-corrected chi connectivity index (χ0v) is 10.3. The predicted octanol–water partition coefficient (Wildman–Crippen LogP) is 2.77. The highest BCUT2D eigenvalue weighted by Crippen LogP contribution is 2.05. The van der Waals surface area contributed by atoms with Gasteiger partial charge in [0.05, 0.1) is 18.4 Å². The van der Waals surface area contributed by atoms with Gasteiger partial charge in [0.2, 0.25) is 0 Å². The van der Waals surface area contributed by atoms with Gasteiger partial charge in [0, 0.05) is 11.4 Å². The van der Waals surface area contributed by atoms with E-state index in [1.54, 1.807) is 6.07 Å². The third-order valence-electron chi connectivity index (χ3n) is 2.51. The van der Waals surface area contributed by atoms with Gasteiger partial charge in [-0.15, -0.1) is 0 Å². The maximum absolute atomic E-state index is 11.5. The molecule has 0 amide bonds. The minimum absolute atomic E-state index is 0.346. The summed E-state index contributed by atoms with van der Waals surface area (Å²) in [4.78, 5) is 15.9. The molecule has 0 saturated carbocycles. The molecule has 2 heterocycles. The van der Waals surface area contributed by atoms with Crippen molar-refractivity contribution in [3.05, 3.63) is 53.7 Å². The summed E-state index contributed by atoms with van der Waals surface area (Å²) in [6.07, 6.45) is 4.40. The predicted molar refractivity (Wildman–Crippen MR) is 66.3 cm³/mol. The van der Waals surface area contributed by atoms with Gasteiger partial charge in [0.15, 0.2) is 0 Å². The Hall–Kier alpha value is -2.10. The van der Waals surface area contributed by atoms with Crippen LogP contribution in [0, 0.1) is 6.92 Å². The fourth-order valence-corrected chi connectivity index (χ4v) is 1.62. The number of carbonyl (C=O) groups excluding carboxylic acids is 1. The van der Waals surface area contributed by atoms with Crippen LogP contribution in [-0.4, -0.2) is 17.6 Å². The van der Waals surface area contributed by atoms with Crippen LogP contribution < -0.4 is 0 Å². The van der Waals surface area contributed by atoms with Gasteiger partial charge in [-0.1, -0.05) is 6.07 Å². The molecule has 0 radical (unpaired) electrons. The van der Waals surface area contributed by atoms with Crippen molar-refractivity contribution in [1.29, 1.82) is 0 Å². The van der Waals surface area contributed by atoms with Crippen LogP contribution in [0.25, 0.3) is 0 Å². The molecule has 0 aliphatic carbocycles. The van der Waals surface area contributed by atoms with Crippen LogP contribution in [0.2, 0.25) is 0 Å². The third kappa shape index (κ3) is 3.45. The molecule has 2 aromatic rings. The van der Waals surface area contributed by atoms with Crippen molar-refractivity contribution in [1.82, 2.24) is 4.98 Å². The van der Waals surface area contributed by atoms with Gasteiger partial charge in [0.25, 0.3) is 0 Å². The molecule has 0 aromatic carbocycles. The van der Waals surface area contributed by atoms with Crippen LogP contribution in [0.3, 0.4) is 0 Å². The molecule has 2 rings (SSSR count). The number of nitrogens with zero attached hydrogens (tertiary/aromatic N) is 1. The van der Waals surface area contributed by atoms with E-state index in [1.807, 2.05) is 25.1 Å². The first-order valence-corrected chi connectivity index (χ1v) is 5.87. The number of pyridine rings is 1. The lowest BCUT2D eigenvalue weighted by Crippen LogP contribution is -2.06. The maximum atomic E-state index is 11.5. The minimum atomic E-state index is -0.346. The molecule has 0 atom stereocenters. The average molecular weight is 245 g/mol. The van der Waals surface area contributed by atoms with E-state index in [4.69, 9.17) is 9.15 Å². The number of hydrogen-bond acceptors (Lipinski definition) is 4. The minimum Gasteiger partial charge on any atom is -0.472 e. The van der Waals surface area contributed by atoms with E-state index in [2.05, 4.69) is 4.98 Å². The van der Waals surface area contributed by atoms with Crippen molar-refractivity contribution in [2.75, 3.05) is 6.61 Å². The molecule has 0 N–H and O–H groups in total. The normalized spacial score (nSPS) is 10.3. The lowest BCUT2D eigenvalue weighted by molar-refractivity contribution is 0.0499. The average Bonchev–Trinajstić information content (AvgIpc) is 2.88. The van der Waals surface area contributed by atoms with E-state index >= 15 is 0 Å². The molecule has 0 spiro atoms. The summed E-state index contributed by atoms with van der Waals surface area (Å²) in [6.45, 7) is 2.35. The Kier molecular flexibility index (Phi) is 4.12. The van der Waals surface area contributed by atoms with Crippen LogP contribution >= 0.6 is 0 Å².